The summed E-state index contributed by atoms with van der Waals surface area (Å²) in [7, 11) is 0. The molecule has 0 atom stereocenters. The van der Waals surface area contributed by atoms with Crippen molar-refractivity contribution in [2.24, 2.45) is 0 Å². The lowest BCUT2D eigenvalue weighted by atomic mass is 9.87. The SMILES string of the molecule is CCOC(=O)c1cc(-c2cc(-c3ccccc3)cc(-c3ccccc3)c2)c(C(=O)OCC)cc1-c1ccc(N(c2ccc(-c3ccccc3)cc2)c2ccc(-c3ccccc3)cc2)cc1. The summed E-state index contributed by atoms with van der Waals surface area (Å²) in [6.45, 7) is 3.97. The van der Waals surface area contributed by atoms with Gasteiger partial charge in [-0.2, -0.15) is 0 Å². The van der Waals surface area contributed by atoms with E-state index >= 15 is 0 Å². The molecule has 0 aliphatic heterocycles. The topological polar surface area (TPSA) is 55.8 Å². The van der Waals surface area contributed by atoms with Gasteiger partial charge in [-0.05, 0) is 147 Å². The van der Waals surface area contributed by atoms with Crippen LogP contribution >= 0.6 is 0 Å². The number of esters is 2. The van der Waals surface area contributed by atoms with Crippen LogP contribution in [0.25, 0.3) is 66.8 Å². The van der Waals surface area contributed by atoms with Crippen molar-refractivity contribution in [3.05, 3.63) is 236 Å². The minimum Gasteiger partial charge on any atom is -0.462 e. The van der Waals surface area contributed by atoms with Crippen LogP contribution in [0.15, 0.2) is 224 Å². The molecule has 0 radical (unpaired) electrons. The van der Waals surface area contributed by atoms with Crippen LogP contribution in [0.1, 0.15) is 34.6 Å². The summed E-state index contributed by atoms with van der Waals surface area (Å²) < 4.78 is 11.4. The Balaban J connectivity index is 1.17. The van der Waals surface area contributed by atoms with E-state index in [-0.39, 0.29) is 13.2 Å². The third-order valence-electron chi connectivity index (χ3n) is 11.5. The Hall–Kier alpha value is -8.28. The Morgan fingerprint density at radius 3 is 0.938 bits per heavy atom. The summed E-state index contributed by atoms with van der Waals surface area (Å²) in [5.74, 6) is -0.962. The molecular formula is C60H47NO4. The van der Waals surface area contributed by atoms with Crippen LogP contribution in [0, 0.1) is 0 Å². The molecule has 0 aliphatic rings. The standard InChI is InChI=1S/C60H47NO4/c1-3-64-59(62)57-41-56(51-38-49(44-21-13-7-14-22-44)37-50(39-51)45-23-15-8-16-24-45)58(60(63)65-4-2)40-55(57)48-29-35-54(36-30-48)61(52-31-25-46(26-32-52)42-17-9-5-10-18-42)53-33-27-47(28-34-53)43-19-11-6-12-20-43/h5-41H,3-4H2,1-2H3. The van der Waals surface area contributed by atoms with E-state index in [9.17, 15) is 9.59 Å². The van der Waals surface area contributed by atoms with Gasteiger partial charge in [0.15, 0.2) is 0 Å². The quantitative estimate of drug-likeness (QED) is 0.108. The highest BCUT2D eigenvalue weighted by molar-refractivity contribution is 6.06. The van der Waals surface area contributed by atoms with E-state index in [1.165, 1.54) is 0 Å². The van der Waals surface area contributed by atoms with E-state index in [1.807, 2.05) is 97.1 Å². The maximum Gasteiger partial charge on any atom is 0.338 e. The summed E-state index contributed by atoms with van der Waals surface area (Å²) in [5.41, 5.74) is 14.8. The first-order valence-electron chi connectivity index (χ1n) is 22.0. The van der Waals surface area contributed by atoms with Crippen LogP contribution in [0.3, 0.4) is 0 Å². The molecule has 9 aromatic rings. The molecule has 0 heterocycles. The maximum atomic E-state index is 14.1. The second-order valence-electron chi connectivity index (χ2n) is 15.6. The van der Waals surface area contributed by atoms with Gasteiger partial charge in [0.2, 0.25) is 0 Å². The lowest BCUT2D eigenvalue weighted by Gasteiger charge is -2.26. The van der Waals surface area contributed by atoms with E-state index in [2.05, 4.69) is 120 Å². The van der Waals surface area contributed by atoms with Crippen molar-refractivity contribution >= 4 is 29.0 Å². The molecule has 65 heavy (non-hydrogen) atoms. The lowest BCUT2D eigenvalue weighted by Crippen LogP contribution is -2.12. The summed E-state index contributed by atoms with van der Waals surface area (Å²) in [6, 6.07) is 76.1. The molecule has 9 aromatic carbocycles. The first-order chi connectivity index (χ1) is 32.0. The number of hydrogen-bond donors (Lipinski definition) is 0. The van der Waals surface area contributed by atoms with Crippen molar-refractivity contribution < 1.29 is 19.1 Å². The van der Waals surface area contributed by atoms with Gasteiger partial charge in [-0.1, -0.05) is 158 Å². The molecule has 0 aliphatic carbocycles. The van der Waals surface area contributed by atoms with Crippen molar-refractivity contribution in [1.82, 2.24) is 0 Å². The fourth-order valence-corrected chi connectivity index (χ4v) is 8.31. The molecule has 0 fully saturated rings. The number of rotatable bonds is 13. The van der Waals surface area contributed by atoms with E-state index in [1.54, 1.807) is 26.0 Å². The Kier molecular flexibility index (Phi) is 12.6. The fourth-order valence-electron chi connectivity index (χ4n) is 8.31. The molecule has 0 bridgehead atoms. The number of carbonyl (C=O) groups is 2. The average molecular weight is 846 g/mol. The third-order valence-corrected chi connectivity index (χ3v) is 11.5. The normalized spacial score (nSPS) is 10.9. The first-order valence-corrected chi connectivity index (χ1v) is 22.0. The van der Waals surface area contributed by atoms with Gasteiger partial charge in [-0.25, -0.2) is 9.59 Å². The number of carbonyl (C=O) groups excluding carboxylic acids is 2. The summed E-state index contributed by atoms with van der Waals surface area (Å²) in [4.78, 5) is 30.4. The van der Waals surface area contributed by atoms with Gasteiger partial charge in [-0.3, -0.25) is 0 Å². The average Bonchev–Trinajstić information content (AvgIpc) is 3.38. The summed E-state index contributed by atoms with van der Waals surface area (Å²) in [6.07, 6.45) is 0. The molecule has 5 heteroatoms. The van der Waals surface area contributed by atoms with Gasteiger partial charge in [-0.15, -0.1) is 0 Å². The third kappa shape index (κ3) is 9.27. The molecule has 0 saturated carbocycles. The molecular weight excluding hydrogens is 799 g/mol. The van der Waals surface area contributed by atoms with Gasteiger partial charge < -0.3 is 14.4 Å². The molecule has 5 nitrogen and oxygen atoms in total. The van der Waals surface area contributed by atoms with Gasteiger partial charge in [0.05, 0.1) is 24.3 Å². The van der Waals surface area contributed by atoms with Crippen LogP contribution < -0.4 is 4.90 Å². The van der Waals surface area contributed by atoms with Crippen LogP contribution in [0.5, 0.6) is 0 Å². The monoisotopic (exact) mass is 845 g/mol. The molecule has 0 amide bonds. The molecule has 0 spiro atoms. The van der Waals surface area contributed by atoms with Crippen molar-refractivity contribution in [3.8, 4) is 66.8 Å². The minimum absolute atomic E-state index is 0.189. The van der Waals surface area contributed by atoms with Crippen molar-refractivity contribution in [1.29, 1.82) is 0 Å². The highest BCUT2D eigenvalue weighted by atomic mass is 16.5. The number of nitrogens with zero attached hydrogens (tertiary/aromatic N) is 1. The molecule has 0 unspecified atom stereocenters. The Labute approximate surface area is 380 Å². The van der Waals surface area contributed by atoms with Crippen LogP contribution in [-0.4, -0.2) is 25.2 Å². The minimum atomic E-state index is -0.482. The van der Waals surface area contributed by atoms with Crippen molar-refractivity contribution in [2.75, 3.05) is 18.1 Å². The highest BCUT2D eigenvalue weighted by Crippen LogP contribution is 2.41. The predicted octanol–water partition coefficient (Wildman–Crippen LogP) is 15.5. The summed E-state index contributed by atoms with van der Waals surface area (Å²) in [5, 5.41) is 0. The van der Waals surface area contributed by atoms with Crippen LogP contribution in [-0.2, 0) is 9.47 Å². The number of ether oxygens (including phenoxy) is 2. The Morgan fingerprint density at radius 2 is 0.600 bits per heavy atom. The molecule has 0 saturated heterocycles. The van der Waals surface area contributed by atoms with Crippen LogP contribution in [0.2, 0.25) is 0 Å². The van der Waals surface area contributed by atoms with Crippen molar-refractivity contribution in [2.45, 2.75) is 13.8 Å². The van der Waals surface area contributed by atoms with Gasteiger partial charge in [0, 0.05) is 17.1 Å². The lowest BCUT2D eigenvalue weighted by molar-refractivity contribution is 0.0513. The number of anilines is 3. The Bertz CT molecular complexity index is 2900. The second-order valence-corrected chi connectivity index (χ2v) is 15.6. The zero-order chi connectivity index (χ0) is 44.5. The fraction of sp³-hybridized carbons (Fsp3) is 0.0667. The molecule has 0 N–H and O–H groups in total. The van der Waals surface area contributed by atoms with Gasteiger partial charge in [0.25, 0.3) is 0 Å². The van der Waals surface area contributed by atoms with Gasteiger partial charge >= 0.3 is 11.9 Å². The zero-order valence-corrected chi connectivity index (χ0v) is 36.4. The zero-order valence-electron chi connectivity index (χ0n) is 36.4. The van der Waals surface area contributed by atoms with E-state index < -0.39 is 11.9 Å². The van der Waals surface area contributed by atoms with E-state index in [4.69, 9.17) is 9.47 Å². The van der Waals surface area contributed by atoms with E-state index in [0.717, 1.165) is 72.7 Å². The largest absolute Gasteiger partial charge is 0.462 e. The number of benzene rings is 9. The summed E-state index contributed by atoms with van der Waals surface area (Å²) >= 11 is 0. The smallest absolute Gasteiger partial charge is 0.338 e. The van der Waals surface area contributed by atoms with Gasteiger partial charge in [0.1, 0.15) is 0 Å². The predicted molar refractivity (Wildman–Crippen MR) is 266 cm³/mol. The molecule has 9 rings (SSSR count). The van der Waals surface area contributed by atoms with Crippen molar-refractivity contribution in [3.63, 3.8) is 0 Å². The van der Waals surface area contributed by atoms with E-state index in [0.29, 0.717) is 22.3 Å². The first kappa shape index (κ1) is 42.0. The highest BCUT2D eigenvalue weighted by Gasteiger charge is 2.24. The Morgan fingerprint density at radius 1 is 0.323 bits per heavy atom. The maximum absolute atomic E-state index is 14.1. The number of hydrogen-bond acceptors (Lipinski definition) is 5. The second kappa shape index (κ2) is 19.4. The van der Waals surface area contributed by atoms with Crippen LogP contribution in [0.4, 0.5) is 17.1 Å². The molecule has 316 valence electrons. The molecule has 0 aromatic heterocycles.